The van der Waals surface area contributed by atoms with Crippen LogP contribution in [0.3, 0.4) is 0 Å². The minimum absolute atomic E-state index is 0.0106. The zero-order valence-electron chi connectivity index (χ0n) is 19.1. The fraction of sp³-hybridized carbons (Fsp3) is 0.296. The van der Waals surface area contributed by atoms with Gasteiger partial charge in [-0.1, -0.05) is 42.5 Å². The van der Waals surface area contributed by atoms with Crippen LogP contribution < -0.4 is 14.8 Å². The predicted octanol–water partition coefficient (Wildman–Crippen LogP) is 4.91. The molecule has 1 aliphatic heterocycles. The number of carbonyl (C=O) groups excluding carboxylic acids is 1. The van der Waals surface area contributed by atoms with Gasteiger partial charge in [-0.15, -0.1) is 0 Å². The molecule has 1 amide bonds. The number of nitrogens with zero attached hydrogens (tertiary/aromatic N) is 1. The zero-order chi connectivity index (χ0) is 22.7. The van der Waals surface area contributed by atoms with Crippen molar-refractivity contribution in [2.45, 2.75) is 26.3 Å². The van der Waals surface area contributed by atoms with Gasteiger partial charge in [-0.3, -0.25) is 9.69 Å². The number of methoxy groups -OCH3 is 2. The van der Waals surface area contributed by atoms with Crippen LogP contribution in [-0.2, 0) is 11.2 Å². The Morgan fingerprint density at radius 3 is 2.44 bits per heavy atom. The van der Waals surface area contributed by atoms with Crippen molar-refractivity contribution in [3.05, 3.63) is 88.5 Å². The largest absolute Gasteiger partial charge is 0.493 e. The van der Waals surface area contributed by atoms with E-state index in [9.17, 15) is 4.79 Å². The fourth-order valence-electron chi connectivity index (χ4n) is 4.45. The van der Waals surface area contributed by atoms with Gasteiger partial charge < -0.3 is 14.8 Å². The highest BCUT2D eigenvalue weighted by atomic mass is 16.5. The van der Waals surface area contributed by atoms with E-state index in [1.54, 1.807) is 14.2 Å². The highest BCUT2D eigenvalue weighted by Gasteiger charge is 2.31. The number of rotatable bonds is 6. The first-order valence-electron chi connectivity index (χ1n) is 10.9. The molecule has 166 valence electrons. The van der Waals surface area contributed by atoms with E-state index in [-0.39, 0.29) is 11.9 Å². The van der Waals surface area contributed by atoms with Crippen LogP contribution in [0, 0.1) is 13.8 Å². The molecule has 0 saturated heterocycles. The zero-order valence-corrected chi connectivity index (χ0v) is 19.1. The van der Waals surface area contributed by atoms with Gasteiger partial charge in [-0.05, 0) is 66.3 Å². The number of hydrogen-bond donors (Lipinski definition) is 1. The lowest BCUT2D eigenvalue weighted by molar-refractivity contribution is -0.117. The van der Waals surface area contributed by atoms with Gasteiger partial charge in [-0.2, -0.15) is 0 Å². The van der Waals surface area contributed by atoms with Crippen LogP contribution in [0.4, 0.5) is 5.69 Å². The molecule has 3 aromatic rings. The van der Waals surface area contributed by atoms with Crippen LogP contribution in [0.1, 0.15) is 33.9 Å². The van der Waals surface area contributed by atoms with Gasteiger partial charge in [0.25, 0.3) is 0 Å². The number of fused-ring (bicyclic) bond motifs is 1. The average molecular weight is 431 g/mol. The third kappa shape index (κ3) is 4.34. The lowest BCUT2D eigenvalue weighted by Gasteiger charge is -2.37. The lowest BCUT2D eigenvalue weighted by Crippen LogP contribution is -2.41. The second-order valence-electron chi connectivity index (χ2n) is 8.24. The summed E-state index contributed by atoms with van der Waals surface area (Å²) in [5.41, 5.74) is 6.66. The van der Waals surface area contributed by atoms with Crippen LogP contribution in [0.15, 0.2) is 60.7 Å². The Hall–Kier alpha value is -3.31. The van der Waals surface area contributed by atoms with Gasteiger partial charge >= 0.3 is 0 Å². The molecule has 4 rings (SSSR count). The molecular weight excluding hydrogens is 400 g/mol. The molecule has 32 heavy (non-hydrogen) atoms. The highest BCUT2D eigenvalue weighted by molar-refractivity contribution is 5.93. The third-order valence-electron chi connectivity index (χ3n) is 6.31. The number of hydrogen-bond acceptors (Lipinski definition) is 4. The maximum absolute atomic E-state index is 13.1. The lowest BCUT2D eigenvalue weighted by atomic mass is 9.87. The summed E-state index contributed by atoms with van der Waals surface area (Å²) in [5.74, 6) is 1.43. The van der Waals surface area contributed by atoms with Crippen molar-refractivity contribution in [3.8, 4) is 11.5 Å². The summed E-state index contributed by atoms with van der Waals surface area (Å²) in [6.45, 7) is 5.18. The van der Waals surface area contributed by atoms with E-state index < -0.39 is 0 Å². The Labute approximate surface area is 190 Å². The summed E-state index contributed by atoms with van der Waals surface area (Å²) in [6, 6.07) is 20.4. The number of nitrogens with one attached hydrogen (secondary N) is 1. The molecule has 0 fully saturated rings. The molecule has 1 unspecified atom stereocenters. The van der Waals surface area contributed by atoms with E-state index in [1.165, 1.54) is 5.56 Å². The molecule has 0 spiro atoms. The Bertz CT molecular complexity index is 1110. The molecule has 1 atom stereocenters. The van der Waals surface area contributed by atoms with Crippen molar-refractivity contribution in [2.75, 3.05) is 32.6 Å². The molecule has 5 heteroatoms. The summed E-state index contributed by atoms with van der Waals surface area (Å²) >= 11 is 0. The molecule has 5 nitrogen and oxygen atoms in total. The molecular formula is C27H30N2O3. The Kier molecular flexibility index (Phi) is 6.47. The number of ether oxygens (including phenoxy) is 2. The predicted molar refractivity (Wildman–Crippen MR) is 128 cm³/mol. The number of anilines is 1. The molecule has 3 aromatic carbocycles. The molecule has 0 bridgehead atoms. The van der Waals surface area contributed by atoms with Gasteiger partial charge in [0.1, 0.15) is 0 Å². The molecule has 1 aliphatic rings. The normalized spacial score (nSPS) is 15.7. The summed E-state index contributed by atoms with van der Waals surface area (Å²) in [6.07, 6.45) is 0.843. The highest BCUT2D eigenvalue weighted by Crippen LogP contribution is 2.40. The van der Waals surface area contributed by atoms with Crippen molar-refractivity contribution < 1.29 is 14.3 Å². The van der Waals surface area contributed by atoms with Gasteiger partial charge in [0.2, 0.25) is 5.91 Å². The first-order valence-corrected chi connectivity index (χ1v) is 10.9. The SMILES string of the molecule is COc1cc2c(cc1OC)C(c1ccccc1)N(CC(=O)Nc1cccc(C)c1C)CC2. The molecule has 0 saturated carbocycles. The van der Waals surface area contributed by atoms with Crippen LogP contribution in [0.2, 0.25) is 0 Å². The smallest absolute Gasteiger partial charge is 0.238 e. The summed E-state index contributed by atoms with van der Waals surface area (Å²) in [4.78, 5) is 15.3. The van der Waals surface area contributed by atoms with E-state index in [0.717, 1.165) is 46.7 Å². The molecule has 1 N–H and O–H groups in total. The number of aryl methyl sites for hydroxylation is 1. The van der Waals surface area contributed by atoms with E-state index in [4.69, 9.17) is 9.47 Å². The van der Waals surface area contributed by atoms with E-state index >= 15 is 0 Å². The van der Waals surface area contributed by atoms with E-state index in [1.807, 2.05) is 37.3 Å². The number of benzene rings is 3. The van der Waals surface area contributed by atoms with Crippen molar-refractivity contribution in [3.63, 3.8) is 0 Å². The second-order valence-corrected chi connectivity index (χ2v) is 8.24. The van der Waals surface area contributed by atoms with Gasteiger partial charge in [0.05, 0.1) is 26.8 Å². The Morgan fingerprint density at radius 2 is 1.72 bits per heavy atom. The van der Waals surface area contributed by atoms with Gasteiger partial charge in [-0.25, -0.2) is 0 Å². The summed E-state index contributed by atoms with van der Waals surface area (Å²) in [5, 5.41) is 3.11. The summed E-state index contributed by atoms with van der Waals surface area (Å²) in [7, 11) is 3.31. The quantitative estimate of drug-likeness (QED) is 0.604. The van der Waals surface area contributed by atoms with Crippen LogP contribution in [0.5, 0.6) is 11.5 Å². The van der Waals surface area contributed by atoms with Gasteiger partial charge in [0.15, 0.2) is 11.5 Å². The van der Waals surface area contributed by atoms with Gasteiger partial charge in [0, 0.05) is 12.2 Å². The van der Waals surface area contributed by atoms with E-state index in [0.29, 0.717) is 12.3 Å². The molecule has 1 heterocycles. The minimum atomic E-state index is -0.0379. The first kappa shape index (κ1) is 21.9. The van der Waals surface area contributed by atoms with Crippen LogP contribution in [-0.4, -0.2) is 38.1 Å². The maximum atomic E-state index is 13.1. The van der Waals surface area contributed by atoms with Crippen molar-refractivity contribution >= 4 is 11.6 Å². The topological polar surface area (TPSA) is 50.8 Å². The maximum Gasteiger partial charge on any atom is 0.238 e. The van der Waals surface area contributed by atoms with Crippen LogP contribution >= 0.6 is 0 Å². The number of carbonyl (C=O) groups is 1. The Morgan fingerprint density at radius 1 is 1.00 bits per heavy atom. The number of amides is 1. The summed E-state index contributed by atoms with van der Waals surface area (Å²) < 4.78 is 11.1. The first-order chi connectivity index (χ1) is 15.5. The minimum Gasteiger partial charge on any atom is -0.493 e. The molecule has 0 aliphatic carbocycles. The fourth-order valence-corrected chi connectivity index (χ4v) is 4.45. The van der Waals surface area contributed by atoms with Crippen molar-refractivity contribution in [1.29, 1.82) is 0 Å². The monoisotopic (exact) mass is 430 g/mol. The molecule has 0 radical (unpaired) electrons. The Balaban J connectivity index is 1.66. The standard InChI is InChI=1S/C27H30N2O3/c1-18-9-8-12-23(19(18)2)28-26(30)17-29-14-13-21-15-24(31-3)25(32-4)16-22(21)27(29)20-10-6-5-7-11-20/h5-12,15-16,27H,13-14,17H2,1-4H3,(H,28,30). The second kappa shape index (κ2) is 9.45. The van der Waals surface area contributed by atoms with Crippen LogP contribution in [0.25, 0.3) is 0 Å². The van der Waals surface area contributed by atoms with Crippen molar-refractivity contribution in [2.24, 2.45) is 0 Å². The van der Waals surface area contributed by atoms with Crippen molar-refractivity contribution in [1.82, 2.24) is 4.90 Å². The van der Waals surface area contributed by atoms with E-state index in [2.05, 4.69) is 47.5 Å². The molecule has 0 aromatic heterocycles. The average Bonchev–Trinajstić information content (AvgIpc) is 2.81. The third-order valence-corrected chi connectivity index (χ3v) is 6.31.